The molecule has 2 unspecified atom stereocenters. The van der Waals surface area contributed by atoms with Crippen LogP contribution in [0.15, 0.2) is 24.3 Å². The molecule has 1 amide bonds. The SMILES string of the molecule is CC(C)(Cc1cccc(Cl)c1)C(=O)NC1CC2CCC(C1)N2. The van der Waals surface area contributed by atoms with Crippen molar-refractivity contribution in [3.63, 3.8) is 0 Å². The summed E-state index contributed by atoms with van der Waals surface area (Å²) >= 11 is 6.04. The average molecular weight is 321 g/mol. The van der Waals surface area contributed by atoms with Gasteiger partial charge in [-0.2, -0.15) is 0 Å². The van der Waals surface area contributed by atoms with Crippen molar-refractivity contribution < 1.29 is 4.79 Å². The molecule has 2 bridgehead atoms. The van der Waals surface area contributed by atoms with Crippen molar-refractivity contribution in [1.82, 2.24) is 10.6 Å². The number of carbonyl (C=O) groups excluding carboxylic acids is 1. The van der Waals surface area contributed by atoms with Crippen molar-refractivity contribution in [2.45, 2.75) is 64.1 Å². The van der Waals surface area contributed by atoms with Gasteiger partial charge < -0.3 is 10.6 Å². The van der Waals surface area contributed by atoms with Gasteiger partial charge in [0.2, 0.25) is 5.91 Å². The van der Waals surface area contributed by atoms with Crippen LogP contribution in [0.25, 0.3) is 0 Å². The number of rotatable bonds is 4. The third-order valence-electron chi connectivity index (χ3n) is 4.96. The topological polar surface area (TPSA) is 41.1 Å². The summed E-state index contributed by atoms with van der Waals surface area (Å²) in [6.45, 7) is 4.03. The Hall–Kier alpha value is -1.06. The van der Waals surface area contributed by atoms with E-state index in [2.05, 4.69) is 10.6 Å². The van der Waals surface area contributed by atoms with Crippen LogP contribution < -0.4 is 10.6 Å². The molecule has 2 aliphatic heterocycles. The summed E-state index contributed by atoms with van der Waals surface area (Å²) in [5.74, 6) is 0.152. The first kappa shape index (κ1) is 15.8. The van der Waals surface area contributed by atoms with Crippen LogP contribution in [-0.2, 0) is 11.2 Å². The zero-order chi connectivity index (χ0) is 15.7. The quantitative estimate of drug-likeness (QED) is 0.893. The molecule has 4 heteroatoms. The summed E-state index contributed by atoms with van der Waals surface area (Å²) < 4.78 is 0. The number of amides is 1. The van der Waals surface area contributed by atoms with E-state index in [1.165, 1.54) is 12.8 Å². The minimum Gasteiger partial charge on any atom is -0.353 e. The molecule has 1 aromatic rings. The molecule has 0 radical (unpaired) electrons. The van der Waals surface area contributed by atoms with Crippen LogP contribution in [0.4, 0.5) is 0 Å². The monoisotopic (exact) mass is 320 g/mol. The fourth-order valence-electron chi connectivity index (χ4n) is 3.79. The Morgan fingerprint density at radius 2 is 2.00 bits per heavy atom. The van der Waals surface area contributed by atoms with Crippen molar-refractivity contribution in [3.05, 3.63) is 34.9 Å². The van der Waals surface area contributed by atoms with Gasteiger partial charge in [-0.25, -0.2) is 0 Å². The number of benzene rings is 1. The standard InChI is InChI=1S/C18H25ClN2O/c1-18(2,11-12-4-3-5-13(19)8-12)17(22)21-16-9-14-6-7-15(10-16)20-14/h3-5,8,14-16,20H,6-7,9-11H2,1-2H3,(H,21,22). The number of halogens is 1. The van der Waals surface area contributed by atoms with Crippen molar-refractivity contribution in [1.29, 1.82) is 0 Å². The predicted octanol–water partition coefficient (Wildman–Crippen LogP) is 3.31. The average Bonchev–Trinajstić information content (AvgIpc) is 2.77. The molecule has 2 heterocycles. The number of hydrogen-bond donors (Lipinski definition) is 2. The van der Waals surface area contributed by atoms with Gasteiger partial charge in [-0.1, -0.05) is 37.6 Å². The van der Waals surface area contributed by atoms with Crippen LogP contribution in [-0.4, -0.2) is 24.0 Å². The van der Waals surface area contributed by atoms with Crippen molar-refractivity contribution >= 4 is 17.5 Å². The fraction of sp³-hybridized carbons (Fsp3) is 0.611. The molecule has 3 nitrogen and oxygen atoms in total. The maximum atomic E-state index is 12.7. The van der Waals surface area contributed by atoms with Crippen LogP contribution >= 0.6 is 11.6 Å². The molecule has 120 valence electrons. The van der Waals surface area contributed by atoms with E-state index in [1.54, 1.807) is 0 Å². The van der Waals surface area contributed by atoms with Crippen molar-refractivity contribution in [3.8, 4) is 0 Å². The van der Waals surface area contributed by atoms with Gasteiger partial charge in [-0.15, -0.1) is 0 Å². The number of fused-ring (bicyclic) bond motifs is 2. The van der Waals surface area contributed by atoms with Gasteiger partial charge in [0.15, 0.2) is 0 Å². The van der Waals surface area contributed by atoms with Crippen LogP contribution in [0.3, 0.4) is 0 Å². The number of carbonyl (C=O) groups is 1. The number of piperidine rings is 1. The molecule has 0 spiro atoms. The van der Waals surface area contributed by atoms with E-state index in [-0.39, 0.29) is 5.91 Å². The zero-order valence-electron chi connectivity index (χ0n) is 13.4. The van der Waals surface area contributed by atoms with Crippen molar-refractivity contribution in [2.24, 2.45) is 5.41 Å². The Kier molecular flexibility index (Phi) is 4.47. The number of hydrogen-bond acceptors (Lipinski definition) is 2. The molecule has 2 atom stereocenters. The highest BCUT2D eigenvalue weighted by atomic mass is 35.5. The first-order valence-electron chi connectivity index (χ1n) is 8.24. The Morgan fingerprint density at radius 3 is 2.64 bits per heavy atom. The lowest BCUT2D eigenvalue weighted by Crippen LogP contribution is -2.51. The van der Waals surface area contributed by atoms with Crippen molar-refractivity contribution in [2.75, 3.05) is 0 Å². The molecule has 3 rings (SSSR count). The summed E-state index contributed by atoms with van der Waals surface area (Å²) in [4.78, 5) is 12.7. The normalized spacial score (nSPS) is 27.7. The first-order valence-corrected chi connectivity index (χ1v) is 8.62. The van der Waals surface area contributed by atoms with Crippen LogP contribution in [0.2, 0.25) is 5.02 Å². The van der Waals surface area contributed by atoms with Crippen LogP contribution in [0, 0.1) is 5.41 Å². The first-order chi connectivity index (χ1) is 10.4. The summed E-state index contributed by atoms with van der Waals surface area (Å²) in [6, 6.07) is 9.30. The third kappa shape index (κ3) is 3.64. The number of nitrogens with one attached hydrogen (secondary N) is 2. The third-order valence-corrected chi connectivity index (χ3v) is 5.19. The highest BCUT2D eigenvalue weighted by Gasteiger charge is 2.36. The summed E-state index contributed by atoms with van der Waals surface area (Å²) in [7, 11) is 0. The largest absolute Gasteiger partial charge is 0.353 e. The molecule has 22 heavy (non-hydrogen) atoms. The Morgan fingerprint density at radius 1 is 1.32 bits per heavy atom. The van der Waals surface area contributed by atoms with Gasteiger partial charge in [-0.3, -0.25) is 4.79 Å². The lowest BCUT2D eigenvalue weighted by molar-refractivity contribution is -0.130. The minimum atomic E-state index is -0.422. The van der Waals surface area contributed by atoms with E-state index in [1.807, 2.05) is 38.1 Å². The molecular weight excluding hydrogens is 296 g/mol. The summed E-state index contributed by atoms with van der Waals surface area (Å²) in [6.07, 6.45) is 5.34. The second-order valence-electron chi connectivity index (χ2n) is 7.47. The second kappa shape index (κ2) is 6.21. The molecule has 1 aromatic carbocycles. The molecule has 2 saturated heterocycles. The van der Waals surface area contributed by atoms with E-state index in [4.69, 9.17) is 11.6 Å². The maximum Gasteiger partial charge on any atom is 0.226 e. The summed E-state index contributed by atoms with van der Waals surface area (Å²) in [5.41, 5.74) is 0.687. The van der Waals surface area contributed by atoms with E-state index in [0.717, 1.165) is 23.4 Å². The molecule has 0 saturated carbocycles. The molecule has 2 fully saturated rings. The highest BCUT2D eigenvalue weighted by Crippen LogP contribution is 2.29. The fourth-order valence-corrected chi connectivity index (χ4v) is 4.01. The molecular formula is C18H25ClN2O. The highest BCUT2D eigenvalue weighted by molar-refractivity contribution is 6.30. The van der Waals surface area contributed by atoms with Gasteiger partial charge in [0.25, 0.3) is 0 Å². The van der Waals surface area contributed by atoms with Gasteiger partial charge in [0.05, 0.1) is 0 Å². The van der Waals surface area contributed by atoms with E-state index in [0.29, 0.717) is 24.5 Å². The predicted molar refractivity (Wildman–Crippen MR) is 90.0 cm³/mol. The van der Waals surface area contributed by atoms with E-state index < -0.39 is 5.41 Å². The lowest BCUT2D eigenvalue weighted by Gasteiger charge is -2.33. The Bertz CT molecular complexity index is 546. The van der Waals surface area contributed by atoms with E-state index in [9.17, 15) is 4.79 Å². The minimum absolute atomic E-state index is 0.152. The molecule has 2 N–H and O–H groups in total. The van der Waals surface area contributed by atoms with Gasteiger partial charge >= 0.3 is 0 Å². The molecule has 0 aliphatic carbocycles. The van der Waals surface area contributed by atoms with Gasteiger partial charge in [-0.05, 0) is 49.8 Å². The van der Waals surface area contributed by atoms with E-state index >= 15 is 0 Å². The van der Waals surface area contributed by atoms with Gasteiger partial charge in [0, 0.05) is 28.6 Å². The summed E-state index contributed by atoms with van der Waals surface area (Å²) in [5, 5.41) is 7.62. The Balaban J connectivity index is 1.60. The lowest BCUT2D eigenvalue weighted by atomic mass is 9.84. The second-order valence-corrected chi connectivity index (χ2v) is 7.91. The maximum absolute atomic E-state index is 12.7. The molecule has 2 aliphatic rings. The Labute approximate surface area is 137 Å². The zero-order valence-corrected chi connectivity index (χ0v) is 14.1. The van der Waals surface area contributed by atoms with Gasteiger partial charge in [0.1, 0.15) is 0 Å². The molecule has 0 aromatic heterocycles. The van der Waals surface area contributed by atoms with Crippen LogP contribution in [0.1, 0.15) is 45.1 Å². The van der Waals surface area contributed by atoms with Crippen LogP contribution in [0.5, 0.6) is 0 Å². The smallest absolute Gasteiger partial charge is 0.226 e.